The van der Waals surface area contributed by atoms with Gasteiger partial charge in [0.2, 0.25) is 5.91 Å². The molecule has 1 N–H and O–H groups in total. The van der Waals surface area contributed by atoms with Crippen LogP contribution >= 0.6 is 11.6 Å². The van der Waals surface area contributed by atoms with Crippen molar-refractivity contribution in [2.24, 2.45) is 5.92 Å². The van der Waals surface area contributed by atoms with E-state index in [-0.39, 0.29) is 24.5 Å². The minimum Gasteiger partial charge on any atom is -0.394 e. The predicted octanol–water partition coefficient (Wildman–Crippen LogP) is 1.62. The number of aliphatic hydroxyl groups excluding tert-OH is 1. The molecular weight excluding hydrogens is 214 g/mol. The summed E-state index contributed by atoms with van der Waals surface area (Å²) in [6.07, 6.45) is 4.20. The fraction of sp³-hybridized carbons (Fsp3) is 0.909. The van der Waals surface area contributed by atoms with Crippen LogP contribution < -0.4 is 0 Å². The number of rotatable bonds is 3. The smallest absolute Gasteiger partial charge is 0.226 e. The highest BCUT2D eigenvalue weighted by Crippen LogP contribution is 2.19. The number of likely N-dealkylation sites (tertiary alicyclic amines) is 1. The van der Waals surface area contributed by atoms with Crippen molar-refractivity contribution in [3.8, 4) is 0 Å². The number of halogens is 1. The molecule has 2 atom stereocenters. The number of nitrogens with zero attached hydrogens (tertiary/aromatic N) is 1. The van der Waals surface area contributed by atoms with Crippen molar-refractivity contribution in [3.63, 3.8) is 0 Å². The Bertz CT molecular complexity index is 211. The molecule has 0 aromatic heterocycles. The standard InChI is InChI=1S/C11H20ClNO2/c1-9(7-12)11(15)13-6-4-2-3-5-10(13)8-14/h9-10,14H,2-8H2,1H3. The first kappa shape index (κ1) is 12.8. The van der Waals surface area contributed by atoms with E-state index >= 15 is 0 Å². The Morgan fingerprint density at radius 1 is 1.53 bits per heavy atom. The molecule has 4 heteroatoms. The van der Waals surface area contributed by atoms with E-state index in [0.29, 0.717) is 5.88 Å². The number of hydrogen-bond donors (Lipinski definition) is 1. The van der Waals surface area contributed by atoms with Gasteiger partial charge in [0, 0.05) is 18.3 Å². The molecule has 15 heavy (non-hydrogen) atoms. The van der Waals surface area contributed by atoms with Gasteiger partial charge in [0.1, 0.15) is 0 Å². The first-order chi connectivity index (χ1) is 7.20. The maximum atomic E-state index is 12.0. The second-order valence-electron chi connectivity index (χ2n) is 4.27. The van der Waals surface area contributed by atoms with Gasteiger partial charge in [0.05, 0.1) is 12.6 Å². The average molecular weight is 234 g/mol. The van der Waals surface area contributed by atoms with Gasteiger partial charge in [0.25, 0.3) is 0 Å². The van der Waals surface area contributed by atoms with Crippen LogP contribution in [0.1, 0.15) is 32.6 Å². The van der Waals surface area contributed by atoms with E-state index in [1.807, 2.05) is 11.8 Å². The molecule has 3 nitrogen and oxygen atoms in total. The van der Waals surface area contributed by atoms with Crippen molar-refractivity contribution in [3.05, 3.63) is 0 Å². The van der Waals surface area contributed by atoms with Crippen LogP contribution in [0.3, 0.4) is 0 Å². The summed E-state index contributed by atoms with van der Waals surface area (Å²) in [5, 5.41) is 9.26. The Morgan fingerprint density at radius 3 is 2.87 bits per heavy atom. The zero-order valence-corrected chi connectivity index (χ0v) is 10.0. The highest BCUT2D eigenvalue weighted by atomic mass is 35.5. The summed E-state index contributed by atoms with van der Waals surface area (Å²) in [7, 11) is 0. The molecular formula is C11H20ClNO2. The van der Waals surface area contributed by atoms with Crippen LogP contribution in [0, 0.1) is 5.92 Å². The van der Waals surface area contributed by atoms with Crippen molar-refractivity contribution in [2.45, 2.75) is 38.6 Å². The summed E-state index contributed by atoms with van der Waals surface area (Å²) in [4.78, 5) is 13.8. The van der Waals surface area contributed by atoms with Crippen LogP contribution in [-0.2, 0) is 4.79 Å². The van der Waals surface area contributed by atoms with Crippen LogP contribution in [0.4, 0.5) is 0 Å². The fourth-order valence-corrected chi connectivity index (χ4v) is 2.14. The number of carbonyl (C=O) groups is 1. The average Bonchev–Trinajstić information content (AvgIpc) is 2.51. The maximum absolute atomic E-state index is 12.0. The molecule has 0 radical (unpaired) electrons. The van der Waals surface area contributed by atoms with E-state index in [1.54, 1.807) is 0 Å². The summed E-state index contributed by atoms with van der Waals surface area (Å²) in [6.45, 7) is 2.68. The van der Waals surface area contributed by atoms with Gasteiger partial charge in [-0.3, -0.25) is 4.79 Å². The number of alkyl halides is 1. The van der Waals surface area contributed by atoms with E-state index < -0.39 is 0 Å². The van der Waals surface area contributed by atoms with Gasteiger partial charge in [-0.2, -0.15) is 0 Å². The molecule has 0 aromatic carbocycles. The normalized spacial score (nSPS) is 24.7. The Kier molecular flexibility index (Phi) is 5.40. The largest absolute Gasteiger partial charge is 0.394 e. The molecule has 0 aromatic rings. The highest BCUT2D eigenvalue weighted by Gasteiger charge is 2.27. The molecule has 1 amide bonds. The Morgan fingerprint density at radius 2 is 2.27 bits per heavy atom. The van der Waals surface area contributed by atoms with Crippen molar-refractivity contribution in [2.75, 3.05) is 19.0 Å². The van der Waals surface area contributed by atoms with Crippen molar-refractivity contribution in [1.29, 1.82) is 0 Å². The number of aliphatic hydroxyl groups is 1. The van der Waals surface area contributed by atoms with E-state index in [0.717, 1.165) is 32.2 Å². The van der Waals surface area contributed by atoms with Gasteiger partial charge in [-0.25, -0.2) is 0 Å². The molecule has 0 saturated carbocycles. The van der Waals surface area contributed by atoms with Crippen LogP contribution in [0.5, 0.6) is 0 Å². The molecule has 1 heterocycles. The van der Waals surface area contributed by atoms with E-state index in [2.05, 4.69) is 0 Å². The fourth-order valence-electron chi connectivity index (χ4n) is 2.01. The van der Waals surface area contributed by atoms with Crippen LogP contribution in [0.25, 0.3) is 0 Å². The molecule has 1 saturated heterocycles. The second kappa shape index (κ2) is 6.33. The summed E-state index contributed by atoms with van der Waals surface area (Å²) in [6, 6.07) is 0.00525. The first-order valence-electron chi connectivity index (χ1n) is 5.68. The van der Waals surface area contributed by atoms with Gasteiger partial charge in [0.15, 0.2) is 0 Å². The molecule has 0 aliphatic carbocycles. The third-order valence-corrected chi connectivity index (χ3v) is 3.49. The molecule has 1 rings (SSSR count). The van der Waals surface area contributed by atoms with Gasteiger partial charge in [-0.05, 0) is 12.8 Å². The molecule has 0 bridgehead atoms. The molecule has 88 valence electrons. The van der Waals surface area contributed by atoms with Crippen molar-refractivity contribution in [1.82, 2.24) is 4.90 Å². The topological polar surface area (TPSA) is 40.5 Å². The highest BCUT2D eigenvalue weighted by molar-refractivity contribution is 6.19. The Balaban J connectivity index is 2.65. The molecule has 1 aliphatic rings. The van der Waals surface area contributed by atoms with Crippen LogP contribution in [0.15, 0.2) is 0 Å². The minimum absolute atomic E-state index is 0.00525. The van der Waals surface area contributed by atoms with E-state index in [4.69, 9.17) is 11.6 Å². The third kappa shape index (κ3) is 3.35. The maximum Gasteiger partial charge on any atom is 0.226 e. The SMILES string of the molecule is CC(CCl)C(=O)N1CCCCCC1CO. The zero-order chi connectivity index (χ0) is 11.3. The number of carbonyl (C=O) groups excluding carboxylic acids is 1. The summed E-state index contributed by atoms with van der Waals surface area (Å²) in [5.41, 5.74) is 0. The predicted molar refractivity (Wildman–Crippen MR) is 60.9 cm³/mol. The summed E-state index contributed by atoms with van der Waals surface area (Å²) < 4.78 is 0. The van der Waals surface area contributed by atoms with E-state index in [9.17, 15) is 9.90 Å². The number of amides is 1. The quantitative estimate of drug-likeness (QED) is 0.753. The second-order valence-corrected chi connectivity index (χ2v) is 4.58. The van der Waals surface area contributed by atoms with Crippen LogP contribution in [0.2, 0.25) is 0 Å². The lowest BCUT2D eigenvalue weighted by atomic mass is 10.1. The van der Waals surface area contributed by atoms with Crippen LogP contribution in [-0.4, -0.2) is 41.0 Å². The molecule has 2 unspecified atom stereocenters. The van der Waals surface area contributed by atoms with E-state index in [1.165, 1.54) is 0 Å². The summed E-state index contributed by atoms with van der Waals surface area (Å²) >= 11 is 5.69. The van der Waals surface area contributed by atoms with Crippen molar-refractivity contribution >= 4 is 17.5 Å². The van der Waals surface area contributed by atoms with Gasteiger partial charge in [-0.15, -0.1) is 11.6 Å². The molecule has 0 spiro atoms. The van der Waals surface area contributed by atoms with Crippen molar-refractivity contribution < 1.29 is 9.90 Å². The lowest BCUT2D eigenvalue weighted by Gasteiger charge is -2.30. The van der Waals surface area contributed by atoms with Gasteiger partial charge >= 0.3 is 0 Å². The third-order valence-electron chi connectivity index (χ3n) is 3.02. The number of hydrogen-bond acceptors (Lipinski definition) is 2. The Labute approximate surface area is 96.4 Å². The minimum atomic E-state index is -0.140. The Hall–Kier alpha value is -0.280. The van der Waals surface area contributed by atoms with Gasteiger partial charge in [-0.1, -0.05) is 19.8 Å². The zero-order valence-electron chi connectivity index (χ0n) is 9.29. The lowest BCUT2D eigenvalue weighted by molar-refractivity contribution is -0.137. The summed E-state index contributed by atoms with van der Waals surface area (Å²) in [5.74, 6) is 0.304. The van der Waals surface area contributed by atoms with Gasteiger partial charge < -0.3 is 10.0 Å². The lowest BCUT2D eigenvalue weighted by Crippen LogP contribution is -2.44. The molecule has 1 fully saturated rings. The first-order valence-corrected chi connectivity index (χ1v) is 6.21. The molecule has 1 aliphatic heterocycles. The monoisotopic (exact) mass is 233 g/mol.